The van der Waals surface area contributed by atoms with Gasteiger partial charge in [-0.25, -0.2) is 0 Å². The van der Waals surface area contributed by atoms with Crippen LogP contribution in [0.2, 0.25) is 0 Å². The zero-order valence-electron chi connectivity index (χ0n) is 9.94. The van der Waals surface area contributed by atoms with E-state index in [1.807, 2.05) is 4.90 Å². The van der Waals surface area contributed by atoms with Gasteiger partial charge in [0.05, 0.1) is 0 Å². The van der Waals surface area contributed by atoms with Crippen molar-refractivity contribution in [3.63, 3.8) is 0 Å². The van der Waals surface area contributed by atoms with Crippen molar-refractivity contribution in [2.75, 3.05) is 19.7 Å². The minimum atomic E-state index is -0.169. The first kappa shape index (κ1) is 13.7. The first-order valence-electron chi connectivity index (χ1n) is 5.84. The first-order chi connectivity index (χ1) is 7.18. The van der Waals surface area contributed by atoms with Crippen molar-refractivity contribution in [2.45, 2.75) is 44.9 Å². The maximum atomic E-state index is 12.1. The molecule has 1 N–H and O–H groups in total. The maximum Gasteiger partial charge on any atom is 0.252 e. The van der Waals surface area contributed by atoms with Crippen LogP contribution in [0.3, 0.4) is 0 Å². The van der Waals surface area contributed by atoms with E-state index in [2.05, 4.69) is 19.2 Å². The summed E-state index contributed by atoms with van der Waals surface area (Å²) in [6, 6.07) is 0.685. The predicted octanol–water partition coefficient (Wildman–Crippen LogP) is 0.796. The van der Waals surface area contributed by atoms with Crippen molar-refractivity contribution in [3.8, 4) is 0 Å². The summed E-state index contributed by atoms with van der Waals surface area (Å²) in [6.45, 7) is 6.64. The number of amides is 1. The van der Waals surface area contributed by atoms with Gasteiger partial charge in [-0.15, -0.1) is 12.4 Å². The number of piperazine rings is 1. The Bertz CT molecular complexity index is 244. The van der Waals surface area contributed by atoms with Gasteiger partial charge in [-0.2, -0.15) is 0 Å². The lowest BCUT2D eigenvalue weighted by Crippen LogP contribution is -2.58. The van der Waals surface area contributed by atoms with Crippen LogP contribution in [0, 0.1) is 0 Å². The van der Waals surface area contributed by atoms with Crippen molar-refractivity contribution in [3.05, 3.63) is 0 Å². The average Bonchev–Trinajstić information content (AvgIpc) is 2.74. The van der Waals surface area contributed by atoms with Crippen LogP contribution in [0.5, 0.6) is 0 Å². The molecule has 0 bridgehead atoms. The lowest BCUT2D eigenvalue weighted by Gasteiger charge is -2.38. The Hall–Kier alpha value is -0.320. The van der Waals surface area contributed by atoms with Crippen molar-refractivity contribution in [1.29, 1.82) is 0 Å². The number of hydrogen-bond donors (Lipinski definition) is 1. The fraction of sp³-hybridized carbons (Fsp3) is 0.909. The molecule has 0 spiro atoms. The molecule has 0 aromatic carbocycles. The minimum Gasteiger partial charge on any atom is -0.368 e. The molecule has 3 atom stereocenters. The second-order valence-electron chi connectivity index (χ2n) is 4.65. The number of nitrogens with zero attached hydrogens (tertiary/aromatic N) is 1. The van der Waals surface area contributed by atoms with E-state index in [1.165, 1.54) is 0 Å². The third-order valence-electron chi connectivity index (χ3n) is 3.25. The van der Waals surface area contributed by atoms with Crippen molar-refractivity contribution in [2.24, 2.45) is 0 Å². The summed E-state index contributed by atoms with van der Waals surface area (Å²) < 4.78 is 5.44. The summed E-state index contributed by atoms with van der Waals surface area (Å²) in [4.78, 5) is 14.1. The Morgan fingerprint density at radius 2 is 2.19 bits per heavy atom. The van der Waals surface area contributed by atoms with Gasteiger partial charge in [-0.3, -0.25) is 4.79 Å². The van der Waals surface area contributed by atoms with Crippen LogP contribution in [-0.4, -0.2) is 48.7 Å². The Morgan fingerprint density at radius 1 is 1.44 bits per heavy atom. The molecule has 2 aliphatic heterocycles. The molecule has 0 saturated carbocycles. The summed E-state index contributed by atoms with van der Waals surface area (Å²) in [5.41, 5.74) is 0. The van der Waals surface area contributed by atoms with Crippen LogP contribution >= 0.6 is 12.4 Å². The molecule has 0 aliphatic carbocycles. The summed E-state index contributed by atoms with van der Waals surface area (Å²) in [7, 11) is 0. The number of ether oxygens (including phenoxy) is 1. The summed E-state index contributed by atoms with van der Waals surface area (Å²) >= 11 is 0. The van der Waals surface area contributed by atoms with Gasteiger partial charge in [-0.05, 0) is 26.7 Å². The summed E-state index contributed by atoms with van der Waals surface area (Å²) in [6.07, 6.45) is 1.74. The monoisotopic (exact) mass is 248 g/mol. The normalized spacial score (nSPS) is 34.6. The zero-order valence-corrected chi connectivity index (χ0v) is 10.8. The Morgan fingerprint density at radius 3 is 2.81 bits per heavy atom. The molecule has 2 saturated heterocycles. The quantitative estimate of drug-likeness (QED) is 0.746. The zero-order chi connectivity index (χ0) is 10.8. The molecular formula is C11H21ClN2O2. The number of hydrogen-bond acceptors (Lipinski definition) is 3. The lowest BCUT2D eigenvalue weighted by molar-refractivity contribution is -0.144. The van der Waals surface area contributed by atoms with Crippen LogP contribution in [0.1, 0.15) is 26.7 Å². The van der Waals surface area contributed by atoms with E-state index >= 15 is 0 Å². The average molecular weight is 249 g/mol. The van der Waals surface area contributed by atoms with E-state index in [9.17, 15) is 4.79 Å². The molecule has 94 valence electrons. The van der Waals surface area contributed by atoms with Gasteiger partial charge in [0.25, 0.3) is 5.91 Å². The number of carbonyl (C=O) groups excluding carboxylic acids is 1. The van der Waals surface area contributed by atoms with E-state index in [4.69, 9.17) is 4.74 Å². The van der Waals surface area contributed by atoms with Gasteiger partial charge < -0.3 is 15.0 Å². The second kappa shape index (κ2) is 5.84. The number of carbonyl (C=O) groups is 1. The molecule has 3 unspecified atom stereocenters. The van der Waals surface area contributed by atoms with E-state index in [0.717, 1.165) is 32.5 Å². The van der Waals surface area contributed by atoms with Gasteiger partial charge in [0, 0.05) is 31.8 Å². The molecular weight excluding hydrogens is 228 g/mol. The molecule has 2 heterocycles. The molecule has 16 heavy (non-hydrogen) atoms. The second-order valence-corrected chi connectivity index (χ2v) is 4.65. The summed E-state index contributed by atoms with van der Waals surface area (Å²) in [5, 5.41) is 3.37. The van der Waals surface area contributed by atoms with Crippen molar-refractivity contribution >= 4 is 18.3 Å². The van der Waals surface area contributed by atoms with Gasteiger partial charge in [0.15, 0.2) is 0 Å². The smallest absolute Gasteiger partial charge is 0.252 e. The molecule has 2 aliphatic rings. The molecule has 2 fully saturated rings. The van der Waals surface area contributed by atoms with Gasteiger partial charge in [0.1, 0.15) is 6.10 Å². The van der Waals surface area contributed by atoms with Crippen LogP contribution in [0.25, 0.3) is 0 Å². The standard InChI is InChI=1S/C11H20N2O2.ClH/c1-8-7-13(9(2)6-12-8)11(14)10-4-3-5-15-10;/h8-10,12H,3-7H2,1-2H3;1H. The first-order valence-corrected chi connectivity index (χ1v) is 5.84. The lowest BCUT2D eigenvalue weighted by atomic mass is 10.1. The minimum absolute atomic E-state index is 0. The highest BCUT2D eigenvalue weighted by Crippen LogP contribution is 2.17. The third-order valence-corrected chi connectivity index (χ3v) is 3.25. The van der Waals surface area contributed by atoms with Gasteiger partial charge in [0.2, 0.25) is 0 Å². The summed E-state index contributed by atoms with van der Waals surface area (Å²) in [5.74, 6) is 0.188. The van der Waals surface area contributed by atoms with Gasteiger partial charge in [-0.1, -0.05) is 0 Å². The van der Waals surface area contributed by atoms with Gasteiger partial charge >= 0.3 is 0 Å². The van der Waals surface area contributed by atoms with Crippen LogP contribution in [0.15, 0.2) is 0 Å². The van der Waals surface area contributed by atoms with Crippen molar-refractivity contribution in [1.82, 2.24) is 10.2 Å². The van der Waals surface area contributed by atoms with E-state index < -0.39 is 0 Å². The van der Waals surface area contributed by atoms with Crippen LogP contribution < -0.4 is 5.32 Å². The molecule has 4 nitrogen and oxygen atoms in total. The highest BCUT2D eigenvalue weighted by Gasteiger charge is 2.33. The number of nitrogens with one attached hydrogen (secondary N) is 1. The van der Waals surface area contributed by atoms with E-state index in [0.29, 0.717) is 6.04 Å². The Kier molecular flexibility index (Phi) is 5.02. The van der Waals surface area contributed by atoms with Crippen LogP contribution in [0.4, 0.5) is 0 Å². The molecule has 2 rings (SSSR count). The molecule has 1 amide bonds. The van der Waals surface area contributed by atoms with Crippen LogP contribution in [-0.2, 0) is 9.53 Å². The number of rotatable bonds is 1. The van der Waals surface area contributed by atoms with Crippen molar-refractivity contribution < 1.29 is 9.53 Å². The largest absolute Gasteiger partial charge is 0.368 e. The SMILES string of the molecule is CC1CN(C(=O)C2CCCO2)C(C)CN1.Cl. The predicted molar refractivity (Wildman–Crippen MR) is 64.9 cm³/mol. The molecule has 0 radical (unpaired) electrons. The van der Waals surface area contributed by atoms with E-state index in [-0.39, 0.29) is 30.5 Å². The fourth-order valence-electron chi connectivity index (χ4n) is 2.29. The highest BCUT2D eigenvalue weighted by atomic mass is 35.5. The molecule has 5 heteroatoms. The topological polar surface area (TPSA) is 41.6 Å². The third kappa shape index (κ3) is 2.87. The Labute approximate surface area is 103 Å². The fourth-order valence-corrected chi connectivity index (χ4v) is 2.29. The number of halogens is 1. The highest BCUT2D eigenvalue weighted by molar-refractivity contribution is 5.85. The Balaban J connectivity index is 0.00000128. The van der Waals surface area contributed by atoms with E-state index in [1.54, 1.807) is 0 Å². The maximum absolute atomic E-state index is 12.1. The molecule has 0 aromatic rings. The molecule has 0 aromatic heterocycles.